The number of carboxylic acids is 1. The molecule has 4 nitrogen and oxygen atoms in total. The summed E-state index contributed by atoms with van der Waals surface area (Å²) >= 11 is 0. The number of hydrogen-bond acceptors (Lipinski definition) is 3. The van der Waals surface area contributed by atoms with Gasteiger partial charge in [0.15, 0.2) is 0 Å². The molecular formula is C20H30O4. The van der Waals surface area contributed by atoms with Crippen LogP contribution in [0.3, 0.4) is 0 Å². The van der Waals surface area contributed by atoms with Crippen LogP contribution in [0.4, 0.5) is 0 Å². The molecule has 0 saturated heterocycles. The number of rotatable bonds is 1. The molecule has 5 aliphatic carbocycles. The van der Waals surface area contributed by atoms with Crippen LogP contribution in [0.5, 0.6) is 0 Å². The molecule has 0 amide bonds. The van der Waals surface area contributed by atoms with Crippen LogP contribution in [0.1, 0.15) is 65.2 Å². The molecule has 0 aromatic carbocycles. The number of aliphatic hydroxyl groups is 2. The number of fused-ring (bicyclic) bond motifs is 3. The van der Waals surface area contributed by atoms with E-state index in [0.717, 1.165) is 37.7 Å². The van der Waals surface area contributed by atoms with Gasteiger partial charge in [-0.2, -0.15) is 0 Å². The zero-order valence-corrected chi connectivity index (χ0v) is 14.8. The average Bonchev–Trinajstić information content (AvgIpc) is 2.52. The standard InChI is InChI=1S/C20H30O4/c1-12-13-5-9-19(15(12)21)10-6-14-17(2,16(22)23)7-4-8-18(14,3)20(19,24)11-13/h13-15,21,24H,1,4-11H2,2-3H3,(H,22,23). The SMILES string of the molecule is C=C1C2CCC3(CCC4C(C)(C(=O)O)CCCC4(C)C3(O)C2)C1O. The Labute approximate surface area is 144 Å². The highest BCUT2D eigenvalue weighted by Crippen LogP contribution is 2.73. The minimum absolute atomic E-state index is 0.0355. The summed E-state index contributed by atoms with van der Waals surface area (Å²) in [6.45, 7) is 8.10. The summed E-state index contributed by atoms with van der Waals surface area (Å²) in [5, 5.41) is 32.9. The first-order valence-electron chi connectivity index (χ1n) is 9.45. The number of aliphatic hydroxyl groups excluding tert-OH is 1. The van der Waals surface area contributed by atoms with Gasteiger partial charge in [0.2, 0.25) is 0 Å². The highest BCUT2D eigenvalue weighted by atomic mass is 16.4. The third kappa shape index (κ3) is 1.56. The largest absolute Gasteiger partial charge is 0.481 e. The molecule has 24 heavy (non-hydrogen) atoms. The second-order valence-electron chi connectivity index (χ2n) is 9.52. The highest BCUT2D eigenvalue weighted by Gasteiger charge is 2.74. The Balaban J connectivity index is 1.85. The van der Waals surface area contributed by atoms with Gasteiger partial charge in [0.05, 0.1) is 17.1 Å². The molecule has 134 valence electrons. The van der Waals surface area contributed by atoms with Crippen LogP contribution in [-0.4, -0.2) is 33.0 Å². The van der Waals surface area contributed by atoms with Crippen molar-refractivity contribution in [2.24, 2.45) is 28.1 Å². The van der Waals surface area contributed by atoms with E-state index in [-0.39, 0.29) is 11.8 Å². The summed E-state index contributed by atoms with van der Waals surface area (Å²) in [5.41, 5.74) is -1.84. The van der Waals surface area contributed by atoms with Crippen LogP contribution in [0.25, 0.3) is 0 Å². The zero-order chi connectivity index (χ0) is 17.5. The van der Waals surface area contributed by atoms with E-state index in [1.807, 2.05) is 6.92 Å². The van der Waals surface area contributed by atoms with Crippen molar-refractivity contribution in [1.29, 1.82) is 0 Å². The van der Waals surface area contributed by atoms with Crippen molar-refractivity contribution in [3.63, 3.8) is 0 Å². The third-order valence-electron chi connectivity index (χ3n) is 8.95. The average molecular weight is 334 g/mol. The first kappa shape index (κ1) is 16.6. The van der Waals surface area contributed by atoms with Crippen molar-refractivity contribution in [3.8, 4) is 0 Å². The first-order chi connectivity index (χ1) is 11.1. The Morgan fingerprint density at radius 1 is 1.17 bits per heavy atom. The fraction of sp³-hybridized carbons (Fsp3) is 0.850. The second-order valence-corrected chi connectivity index (χ2v) is 9.52. The summed E-state index contributed by atoms with van der Waals surface area (Å²) in [7, 11) is 0. The molecule has 1 spiro atoms. The van der Waals surface area contributed by atoms with Gasteiger partial charge in [0.1, 0.15) is 0 Å². The molecule has 0 aliphatic heterocycles. The maximum Gasteiger partial charge on any atom is 0.309 e. The van der Waals surface area contributed by atoms with Crippen LogP contribution in [0.15, 0.2) is 12.2 Å². The van der Waals surface area contributed by atoms with E-state index in [4.69, 9.17) is 0 Å². The molecule has 7 unspecified atom stereocenters. The monoisotopic (exact) mass is 334 g/mol. The molecule has 0 aromatic rings. The van der Waals surface area contributed by atoms with E-state index in [0.29, 0.717) is 19.3 Å². The first-order valence-corrected chi connectivity index (χ1v) is 9.45. The summed E-state index contributed by atoms with van der Waals surface area (Å²) in [4.78, 5) is 12.1. The van der Waals surface area contributed by atoms with Crippen LogP contribution in [-0.2, 0) is 4.79 Å². The molecule has 0 aromatic heterocycles. The third-order valence-corrected chi connectivity index (χ3v) is 8.95. The highest BCUT2D eigenvalue weighted by molar-refractivity contribution is 5.75. The number of hydrogen-bond donors (Lipinski definition) is 3. The molecule has 3 N–H and O–H groups in total. The lowest BCUT2D eigenvalue weighted by molar-refractivity contribution is -0.303. The van der Waals surface area contributed by atoms with Crippen LogP contribution in [0, 0.1) is 28.1 Å². The molecular weight excluding hydrogens is 304 g/mol. The van der Waals surface area contributed by atoms with E-state index in [1.54, 1.807) is 0 Å². The normalized spacial score (nSPS) is 56.5. The Kier molecular flexibility index (Phi) is 3.21. The van der Waals surface area contributed by atoms with Crippen LogP contribution < -0.4 is 0 Å². The molecule has 5 aliphatic rings. The number of carboxylic acid groups (broad SMARTS) is 1. The Hall–Kier alpha value is -0.870. The van der Waals surface area contributed by atoms with Crippen molar-refractivity contribution < 1.29 is 20.1 Å². The molecule has 5 fully saturated rings. The molecule has 4 heteroatoms. The summed E-state index contributed by atoms with van der Waals surface area (Å²) in [5.74, 6) is -0.601. The van der Waals surface area contributed by atoms with Crippen molar-refractivity contribution in [2.45, 2.75) is 76.9 Å². The second kappa shape index (κ2) is 4.64. The maximum atomic E-state index is 12.1. The predicted octanol–water partition coefficient (Wildman–Crippen LogP) is 3.13. The van der Waals surface area contributed by atoms with E-state index >= 15 is 0 Å². The maximum absolute atomic E-state index is 12.1. The minimum Gasteiger partial charge on any atom is -0.481 e. The smallest absolute Gasteiger partial charge is 0.309 e. The van der Waals surface area contributed by atoms with Gasteiger partial charge in [-0.3, -0.25) is 4.79 Å². The van der Waals surface area contributed by atoms with E-state index < -0.39 is 33.9 Å². The summed E-state index contributed by atoms with van der Waals surface area (Å²) < 4.78 is 0. The van der Waals surface area contributed by atoms with Crippen molar-refractivity contribution in [1.82, 2.24) is 0 Å². The number of carbonyl (C=O) groups is 1. The van der Waals surface area contributed by atoms with Gasteiger partial charge >= 0.3 is 5.97 Å². The lowest BCUT2D eigenvalue weighted by Gasteiger charge is -2.72. The minimum atomic E-state index is -0.983. The van der Waals surface area contributed by atoms with Gasteiger partial charge in [-0.15, -0.1) is 0 Å². The topological polar surface area (TPSA) is 77.8 Å². The molecule has 5 saturated carbocycles. The van der Waals surface area contributed by atoms with Gasteiger partial charge < -0.3 is 15.3 Å². The Morgan fingerprint density at radius 3 is 2.50 bits per heavy atom. The van der Waals surface area contributed by atoms with Gasteiger partial charge in [-0.1, -0.05) is 19.9 Å². The van der Waals surface area contributed by atoms with Crippen molar-refractivity contribution in [3.05, 3.63) is 12.2 Å². The van der Waals surface area contributed by atoms with Crippen LogP contribution >= 0.6 is 0 Å². The Bertz CT molecular complexity index is 615. The van der Waals surface area contributed by atoms with Gasteiger partial charge in [0, 0.05) is 10.8 Å². The lowest BCUT2D eigenvalue weighted by Crippen LogP contribution is -2.75. The molecule has 2 bridgehead atoms. The number of aliphatic carboxylic acids is 1. The van der Waals surface area contributed by atoms with Gasteiger partial charge in [0.25, 0.3) is 0 Å². The zero-order valence-electron chi connectivity index (χ0n) is 14.8. The quantitative estimate of drug-likeness (QED) is 0.644. The summed E-state index contributed by atoms with van der Waals surface area (Å²) in [6, 6.07) is 0. The fourth-order valence-electron chi connectivity index (χ4n) is 7.49. The van der Waals surface area contributed by atoms with E-state index in [9.17, 15) is 20.1 Å². The van der Waals surface area contributed by atoms with Gasteiger partial charge in [-0.05, 0) is 69.3 Å². The van der Waals surface area contributed by atoms with E-state index in [1.165, 1.54) is 0 Å². The van der Waals surface area contributed by atoms with Crippen LogP contribution in [0.2, 0.25) is 0 Å². The molecule has 0 heterocycles. The predicted molar refractivity (Wildman–Crippen MR) is 90.3 cm³/mol. The summed E-state index contributed by atoms with van der Waals surface area (Å²) in [6.07, 6.45) is 5.67. The van der Waals surface area contributed by atoms with Crippen molar-refractivity contribution in [2.75, 3.05) is 0 Å². The van der Waals surface area contributed by atoms with Crippen molar-refractivity contribution >= 4 is 5.97 Å². The fourth-order valence-corrected chi connectivity index (χ4v) is 7.49. The van der Waals surface area contributed by atoms with E-state index in [2.05, 4.69) is 13.5 Å². The lowest BCUT2D eigenvalue weighted by atomic mass is 9.34. The molecule has 5 rings (SSSR count). The Morgan fingerprint density at radius 2 is 1.83 bits per heavy atom. The molecule has 0 radical (unpaired) electrons. The van der Waals surface area contributed by atoms with Gasteiger partial charge in [-0.25, -0.2) is 0 Å². The molecule has 7 atom stereocenters.